The van der Waals surface area contributed by atoms with Crippen LogP contribution in [0.25, 0.3) is 11.1 Å². The van der Waals surface area contributed by atoms with Crippen molar-refractivity contribution < 1.29 is 17.9 Å². The zero-order chi connectivity index (χ0) is 23.3. The highest BCUT2D eigenvalue weighted by molar-refractivity contribution is 7.92. The molecule has 7 nitrogen and oxygen atoms in total. The van der Waals surface area contributed by atoms with Crippen LogP contribution in [0.1, 0.15) is 12.8 Å². The van der Waals surface area contributed by atoms with E-state index in [1.165, 1.54) is 7.11 Å². The van der Waals surface area contributed by atoms with E-state index in [0.29, 0.717) is 47.4 Å². The summed E-state index contributed by atoms with van der Waals surface area (Å²) in [6, 6.07) is 10.7. The van der Waals surface area contributed by atoms with E-state index in [2.05, 4.69) is 16.6 Å². The van der Waals surface area contributed by atoms with Crippen molar-refractivity contribution >= 4 is 44.8 Å². The fourth-order valence-corrected chi connectivity index (χ4v) is 4.71. The van der Waals surface area contributed by atoms with Crippen LogP contribution < -0.4 is 14.8 Å². The third kappa shape index (κ3) is 6.16. The zero-order valence-electron chi connectivity index (χ0n) is 17.6. The van der Waals surface area contributed by atoms with Crippen LogP contribution in [0.4, 0.5) is 5.69 Å². The normalized spacial score (nSPS) is 14.8. The number of methoxy groups -OCH3 is 1. The number of benzene rings is 2. The molecule has 172 valence electrons. The summed E-state index contributed by atoms with van der Waals surface area (Å²) < 4.78 is 31.2. The summed E-state index contributed by atoms with van der Waals surface area (Å²) in [4.78, 5) is 14.4. The van der Waals surface area contributed by atoms with Crippen molar-refractivity contribution in [3.63, 3.8) is 0 Å². The third-order valence-electron chi connectivity index (χ3n) is 5.27. The molecule has 2 N–H and O–H groups in total. The average molecular weight is 498 g/mol. The molecule has 1 aliphatic heterocycles. The molecule has 1 heterocycles. The number of carbonyl (C=O) groups excluding carboxylic acids is 1. The highest BCUT2D eigenvalue weighted by Crippen LogP contribution is 2.37. The van der Waals surface area contributed by atoms with Gasteiger partial charge in [0.05, 0.1) is 24.4 Å². The zero-order valence-corrected chi connectivity index (χ0v) is 19.9. The molecule has 0 aromatic heterocycles. The van der Waals surface area contributed by atoms with Gasteiger partial charge in [-0.05, 0) is 36.6 Å². The van der Waals surface area contributed by atoms with Gasteiger partial charge in [0.1, 0.15) is 5.75 Å². The maximum Gasteiger partial charge on any atom is 0.241 e. The quantitative estimate of drug-likeness (QED) is 0.572. The second kappa shape index (κ2) is 10.6. The van der Waals surface area contributed by atoms with Crippen molar-refractivity contribution in [2.75, 3.05) is 32.1 Å². The fourth-order valence-electron chi connectivity index (χ4n) is 3.52. The van der Waals surface area contributed by atoms with Crippen molar-refractivity contribution in [1.29, 1.82) is 0 Å². The molecular weight excluding hydrogens is 473 g/mol. The number of rotatable bonds is 8. The SMILES string of the molecule is C=CS(=O)(=O)NC1CCN(C(=O)CNc2cc(-c3ccc(Cl)cc3)c(Cl)cc2OC)CC1. The second-order valence-corrected chi connectivity index (χ2v) is 9.88. The van der Waals surface area contributed by atoms with Crippen molar-refractivity contribution in [2.45, 2.75) is 18.9 Å². The first kappa shape index (κ1) is 24.4. The molecule has 1 amide bonds. The molecule has 0 unspecified atom stereocenters. The largest absolute Gasteiger partial charge is 0.495 e. The number of hydrogen-bond acceptors (Lipinski definition) is 5. The number of anilines is 1. The number of hydrogen-bond donors (Lipinski definition) is 2. The summed E-state index contributed by atoms with van der Waals surface area (Å²) in [5, 5.41) is 5.18. The van der Waals surface area contributed by atoms with Crippen LogP contribution >= 0.6 is 23.2 Å². The van der Waals surface area contributed by atoms with Gasteiger partial charge in [-0.15, -0.1) is 0 Å². The monoisotopic (exact) mass is 497 g/mol. The Balaban J connectivity index is 1.65. The van der Waals surface area contributed by atoms with Gasteiger partial charge in [-0.1, -0.05) is 41.9 Å². The minimum absolute atomic E-state index is 0.0705. The summed E-state index contributed by atoms with van der Waals surface area (Å²) in [6.45, 7) is 4.31. The lowest BCUT2D eigenvalue weighted by molar-refractivity contribution is -0.130. The number of carbonyl (C=O) groups is 1. The Labute approximate surface area is 198 Å². The minimum Gasteiger partial charge on any atom is -0.495 e. The minimum atomic E-state index is -3.48. The highest BCUT2D eigenvalue weighted by Gasteiger charge is 2.25. The molecule has 0 radical (unpaired) electrons. The number of sulfonamides is 1. The maximum atomic E-state index is 12.7. The van der Waals surface area contributed by atoms with Gasteiger partial charge in [-0.25, -0.2) is 13.1 Å². The first-order valence-electron chi connectivity index (χ1n) is 10.0. The van der Waals surface area contributed by atoms with Crippen LogP contribution in [0.15, 0.2) is 48.4 Å². The first-order valence-corrected chi connectivity index (χ1v) is 12.3. The molecule has 3 rings (SSSR count). The Bertz CT molecular complexity index is 1080. The van der Waals surface area contributed by atoms with Crippen molar-refractivity contribution in [3.8, 4) is 16.9 Å². The van der Waals surface area contributed by atoms with Crippen LogP contribution in [0.2, 0.25) is 10.0 Å². The second-order valence-electron chi connectivity index (χ2n) is 7.38. The molecule has 0 bridgehead atoms. The standard InChI is InChI=1S/C22H25Cl2N3O4S/c1-3-32(29,30)26-17-8-10-27(11-9-17)22(28)14-25-20-12-18(19(24)13-21(20)31-2)15-4-6-16(23)7-5-15/h3-7,12-13,17,25-26H,1,8-11,14H2,2H3. The Morgan fingerprint density at radius 3 is 2.47 bits per heavy atom. The van der Waals surface area contributed by atoms with Crippen LogP contribution in [-0.4, -0.2) is 52.0 Å². The lowest BCUT2D eigenvalue weighted by atomic mass is 10.0. The van der Waals surface area contributed by atoms with Crippen molar-refractivity contribution in [1.82, 2.24) is 9.62 Å². The molecular formula is C22H25Cl2N3O4S. The molecule has 0 aliphatic carbocycles. The van der Waals surface area contributed by atoms with E-state index in [1.807, 2.05) is 18.2 Å². The lowest BCUT2D eigenvalue weighted by Gasteiger charge is -2.32. The topological polar surface area (TPSA) is 87.7 Å². The smallest absolute Gasteiger partial charge is 0.241 e. The van der Waals surface area contributed by atoms with Crippen molar-refractivity contribution in [3.05, 3.63) is 58.4 Å². The predicted octanol–water partition coefficient (Wildman–Crippen LogP) is 4.13. The van der Waals surface area contributed by atoms with Crippen LogP contribution in [0.5, 0.6) is 5.75 Å². The molecule has 2 aromatic carbocycles. The van der Waals surface area contributed by atoms with E-state index >= 15 is 0 Å². The van der Waals surface area contributed by atoms with E-state index in [4.69, 9.17) is 27.9 Å². The molecule has 0 atom stereocenters. The highest BCUT2D eigenvalue weighted by atomic mass is 35.5. The number of nitrogens with zero attached hydrogens (tertiary/aromatic N) is 1. The molecule has 10 heteroatoms. The molecule has 1 fully saturated rings. The average Bonchev–Trinajstić information content (AvgIpc) is 2.78. The molecule has 1 saturated heterocycles. The fraction of sp³-hybridized carbons (Fsp3) is 0.318. The van der Waals surface area contributed by atoms with E-state index in [-0.39, 0.29) is 18.5 Å². The van der Waals surface area contributed by atoms with Crippen LogP contribution in [-0.2, 0) is 14.8 Å². The number of amides is 1. The van der Waals surface area contributed by atoms with Gasteiger partial charge >= 0.3 is 0 Å². The van der Waals surface area contributed by atoms with Gasteiger partial charge in [0.2, 0.25) is 15.9 Å². The van der Waals surface area contributed by atoms with E-state index < -0.39 is 10.0 Å². The first-order chi connectivity index (χ1) is 15.2. The Hall–Kier alpha value is -2.26. The lowest BCUT2D eigenvalue weighted by Crippen LogP contribution is -2.47. The summed E-state index contributed by atoms with van der Waals surface area (Å²) in [6.07, 6.45) is 1.09. The molecule has 0 spiro atoms. The molecule has 2 aromatic rings. The van der Waals surface area contributed by atoms with Gasteiger partial charge in [0.25, 0.3) is 0 Å². The van der Waals surface area contributed by atoms with Crippen LogP contribution in [0, 0.1) is 0 Å². The number of halogens is 2. The molecule has 32 heavy (non-hydrogen) atoms. The van der Waals surface area contributed by atoms with E-state index in [1.54, 1.807) is 23.1 Å². The summed E-state index contributed by atoms with van der Waals surface area (Å²) in [5.41, 5.74) is 2.32. The van der Waals surface area contributed by atoms with Gasteiger partial charge in [0.15, 0.2) is 0 Å². The Morgan fingerprint density at radius 1 is 1.22 bits per heavy atom. The summed E-state index contributed by atoms with van der Waals surface area (Å²) in [7, 11) is -1.94. The van der Waals surface area contributed by atoms with Crippen molar-refractivity contribution in [2.24, 2.45) is 0 Å². The van der Waals surface area contributed by atoms with E-state index in [0.717, 1.165) is 16.5 Å². The Kier molecular flexibility index (Phi) is 8.05. The predicted molar refractivity (Wildman–Crippen MR) is 129 cm³/mol. The summed E-state index contributed by atoms with van der Waals surface area (Å²) >= 11 is 12.4. The molecule has 0 saturated carbocycles. The number of ether oxygens (including phenoxy) is 1. The van der Waals surface area contributed by atoms with Gasteiger partial charge in [-0.3, -0.25) is 4.79 Å². The maximum absolute atomic E-state index is 12.7. The number of nitrogens with one attached hydrogen (secondary N) is 2. The number of likely N-dealkylation sites (tertiary alicyclic amines) is 1. The van der Waals surface area contributed by atoms with Gasteiger partial charge < -0.3 is 15.0 Å². The Morgan fingerprint density at radius 2 is 1.88 bits per heavy atom. The van der Waals surface area contributed by atoms with Gasteiger partial charge in [-0.2, -0.15) is 0 Å². The van der Waals surface area contributed by atoms with E-state index in [9.17, 15) is 13.2 Å². The summed E-state index contributed by atoms with van der Waals surface area (Å²) in [5.74, 6) is 0.443. The van der Waals surface area contributed by atoms with Gasteiger partial charge in [0, 0.05) is 41.2 Å². The number of piperidine rings is 1. The van der Waals surface area contributed by atoms with Crippen LogP contribution in [0.3, 0.4) is 0 Å². The molecule has 1 aliphatic rings. The third-order valence-corrected chi connectivity index (χ3v) is 6.94.